The molecule has 0 fully saturated rings. The number of alkyl halides is 3. The van der Waals surface area contributed by atoms with Crippen molar-refractivity contribution in [2.24, 2.45) is 0 Å². The molecule has 0 atom stereocenters. The van der Waals surface area contributed by atoms with Crippen LogP contribution in [-0.4, -0.2) is 0 Å². The second-order valence-electron chi connectivity index (χ2n) is 2.55. The monoisotopic (exact) mass is 240 g/mol. The van der Waals surface area contributed by atoms with E-state index >= 15 is 0 Å². The maximum atomic E-state index is 12.1. The van der Waals surface area contributed by atoms with Crippen molar-refractivity contribution in [1.82, 2.24) is 0 Å². The number of benzene rings is 1. The molecule has 0 aliphatic carbocycles. The van der Waals surface area contributed by atoms with Gasteiger partial charge < -0.3 is 0 Å². The highest BCUT2D eigenvalue weighted by molar-refractivity contribution is 6.57. The van der Waals surface area contributed by atoms with Crippen LogP contribution in [0.4, 0.5) is 13.2 Å². The van der Waals surface area contributed by atoms with Crippen molar-refractivity contribution in [1.29, 1.82) is 0 Å². The van der Waals surface area contributed by atoms with Crippen LogP contribution in [0.1, 0.15) is 11.1 Å². The lowest BCUT2D eigenvalue weighted by molar-refractivity contribution is -0.137. The van der Waals surface area contributed by atoms with Crippen LogP contribution in [0.15, 0.2) is 28.8 Å². The number of rotatable bonds is 1. The van der Waals surface area contributed by atoms with E-state index in [1.165, 1.54) is 18.2 Å². The lowest BCUT2D eigenvalue weighted by atomic mass is 10.1. The van der Waals surface area contributed by atoms with Crippen LogP contribution in [0.3, 0.4) is 0 Å². The van der Waals surface area contributed by atoms with Crippen molar-refractivity contribution in [3.63, 3.8) is 0 Å². The van der Waals surface area contributed by atoms with E-state index in [2.05, 4.69) is 0 Å². The van der Waals surface area contributed by atoms with Gasteiger partial charge in [0.25, 0.3) is 0 Å². The number of hydrogen-bond donors (Lipinski definition) is 0. The van der Waals surface area contributed by atoms with Gasteiger partial charge in [0.05, 0.1) is 5.56 Å². The molecular weight excluding hydrogens is 236 g/mol. The fourth-order valence-corrected chi connectivity index (χ4v) is 1.15. The summed E-state index contributed by atoms with van der Waals surface area (Å²) in [6.07, 6.45) is -2.95. The molecule has 0 heterocycles. The Kier molecular flexibility index (Phi) is 3.45. The zero-order valence-electron chi connectivity index (χ0n) is 6.78. The van der Waals surface area contributed by atoms with E-state index in [0.29, 0.717) is 5.56 Å². The summed E-state index contributed by atoms with van der Waals surface area (Å²) in [5.74, 6) is 0. The molecule has 0 aromatic heterocycles. The molecule has 0 saturated carbocycles. The average molecular weight is 241 g/mol. The summed E-state index contributed by atoms with van der Waals surface area (Å²) in [4.78, 5) is 0. The zero-order chi connectivity index (χ0) is 10.8. The number of halogens is 5. The van der Waals surface area contributed by atoms with E-state index < -0.39 is 11.7 Å². The molecule has 0 aliphatic heterocycles. The topological polar surface area (TPSA) is 0 Å². The second-order valence-corrected chi connectivity index (χ2v) is 3.56. The first-order chi connectivity index (χ1) is 6.39. The molecular formula is C9H5Cl2F3. The molecule has 1 aromatic rings. The SMILES string of the molecule is FC(F)(F)c1ccc(C=C(Cl)Cl)cc1. The average Bonchev–Trinajstić information content (AvgIpc) is 2.02. The molecule has 0 spiro atoms. The molecule has 1 rings (SSSR count). The molecule has 0 unspecified atom stereocenters. The standard InChI is InChI=1S/C9H5Cl2F3/c10-8(11)5-6-1-3-7(4-2-6)9(12,13)14/h1-5H. The van der Waals surface area contributed by atoms with E-state index in [4.69, 9.17) is 23.2 Å². The first-order valence-electron chi connectivity index (χ1n) is 3.59. The summed E-state index contributed by atoms with van der Waals surface area (Å²) in [7, 11) is 0. The zero-order valence-corrected chi connectivity index (χ0v) is 8.29. The summed E-state index contributed by atoms with van der Waals surface area (Å²) in [5.41, 5.74) is -0.168. The van der Waals surface area contributed by atoms with Gasteiger partial charge in [-0.3, -0.25) is 0 Å². The fourth-order valence-electron chi connectivity index (χ4n) is 0.894. The normalized spacial score (nSPS) is 11.2. The van der Waals surface area contributed by atoms with Crippen molar-refractivity contribution in [2.75, 3.05) is 0 Å². The third-order valence-corrected chi connectivity index (χ3v) is 1.73. The molecule has 0 bridgehead atoms. The third-order valence-electron chi connectivity index (χ3n) is 1.51. The van der Waals surface area contributed by atoms with Crippen LogP contribution >= 0.6 is 23.2 Å². The summed E-state index contributed by atoms with van der Waals surface area (Å²) in [6, 6.07) is 4.55. The van der Waals surface area contributed by atoms with Gasteiger partial charge in [0.15, 0.2) is 0 Å². The lowest BCUT2D eigenvalue weighted by Crippen LogP contribution is -2.03. The minimum absolute atomic E-state index is 0.00441. The highest BCUT2D eigenvalue weighted by atomic mass is 35.5. The van der Waals surface area contributed by atoms with Crippen molar-refractivity contribution < 1.29 is 13.2 Å². The maximum absolute atomic E-state index is 12.1. The Hall–Kier alpha value is -0.670. The van der Waals surface area contributed by atoms with E-state index in [1.807, 2.05) is 0 Å². The Morgan fingerprint density at radius 1 is 1.07 bits per heavy atom. The van der Waals surface area contributed by atoms with Gasteiger partial charge in [0, 0.05) is 0 Å². The predicted molar refractivity (Wildman–Crippen MR) is 51.1 cm³/mol. The summed E-state index contributed by atoms with van der Waals surface area (Å²) < 4.78 is 36.3. The van der Waals surface area contributed by atoms with Crippen LogP contribution in [0, 0.1) is 0 Å². The summed E-state index contributed by atoms with van der Waals surface area (Å²) in [6.45, 7) is 0. The van der Waals surface area contributed by atoms with Crippen molar-refractivity contribution in [3.8, 4) is 0 Å². The minimum Gasteiger partial charge on any atom is -0.166 e. The maximum Gasteiger partial charge on any atom is 0.416 e. The van der Waals surface area contributed by atoms with Gasteiger partial charge in [-0.25, -0.2) is 0 Å². The molecule has 0 saturated heterocycles. The highest BCUT2D eigenvalue weighted by Gasteiger charge is 2.29. The Bertz CT molecular complexity index is 334. The van der Waals surface area contributed by atoms with E-state index in [9.17, 15) is 13.2 Å². The molecule has 5 heteroatoms. The Morgan fingerprint density at radius 2 is 1.57 bits per heavy atom. The Labute approximate surface area is 88.9 Å². The smallest absolute Gasteiger partial charge is 0.166 e. The molecule has 1 aromatic carbocycles. The second kappa shape index (κ2) is 4.24. The predicted octanol–water partition coefficient (Wildman–Crippen LogP) is 4.48. The van der Waals surface area contributed by atoms with Gasteiger partial charge in [0.1, 0.15) is 4.49 Å². The van der Waals surface area contributed by atoms with Gasteiger partial charge in [-0.2, -0.15) is 13.2 Å². The molecule has 0 aliphatic rings. The molecule has 0 N–H and O–H groups in total. The molecule has 0 amide bonds. The summed E-state index contributed by atoms with van der Waals surface area (Å²) >= 11 is 10.7. The fraction of sp³-hybridized carbons (Fsp3) is 0.111. The molecule has 0 nitrogen and oxygen atoms in total. The molecule has 0 radical (unpaired) electrons. The Balaban J connectivity index is 2.95. The first-order valence-corrected chi connectivity index (χ1v) is 4.35. The van der Waals surface area contributed by atoms with E-state index in [1.54, 1.807) is 0 Å². The quantitative estimate of drug-likeness (QED) is 0.679. The van der Waals surface area contributed by atoms with Crippen LogP contribution in [0.25, 0.3) is 6.08 Å². The molecule has 76 valence electrons. The van der Waals surface area contributed by atoms with E-state index in [0.717, 1.165) is 12.1 Å². The van der Waals surface area contributed by atoms with Crippen LogP contribution in [0.2, 0.25) is 0 Å². The van der Waals surface area contributed by atoms with Gasteiger partial charge in [-0.1, -0.05) is 35.3 Å². The van der Waals surface area contributed by atoms with Gasteiger partial charge in [-0.15, -0.1) is 0 Å². The Morgan fingerprint density at radius 3 is 1.93 bits per heavy atom. The summed E-state index contributed by atoms with van der Waals surface area (Å²) in [5, 5.41) is 0. The van der Waals surface area contributed by atoms with Crippen LogP contribution in [0.5, 0.6) is 0 Å². The van der Waals surface area contributed by atoms with Crippen LogP contribution in [-0.2, 0) is 6.18 Å². The largest absolute Gasteiger partial charge is 0.416 e. The molecule has 14 heavy (non-hydrogen) atoms. The van der Waals surface area contributed by atoms with Gasteiger partial charge in [-0.05, 0) is 23.8 Å². The third kappa shape index (κ3) is 3.24. The first kappa shape index (κ1) is 11.4. The van der Waals surface area contributed by atoms with Crippen molar-refractivity contribution in [2.45, 2.75) is 6.18 Å². The lowest BCUT2D eigenvalue weighted by Gasteiger charge is -2.05. The highest BCUT2D eigenvalue weighted by Crippen LogP contribution is 2.29. The van der Waals surface area contributed by atoms with Crippen LogP contribution < -0.4 is 0 Å². The van der Waals surface area contributed by atoms with Gasteiger partial charge >= 0.3 is 6.18 Å². The van der Waals surface area contributed by atoms with Gasteiger partial charge in [0.2, 0.25) is 0 Å². The minimum atomic E-state index is -4.31. The number of hydrogen-bond acceptors (Lipinski definition) is 0. The van der Waals surface area contributed by atoms with Crippen molar-refractivity contribution in [3.05, 3.63) is 39.9 Å². The van der Waals surface area contributed by atoms with Crippen molar-refractivity contribution >= 4 is 29.3 Å². The van der Waals surface area contributed by atoms with E-state index in [-0.39, 0.29) is 4.49 Å².